The molecular weight excluding hydrogens is 280 g/mol. The van der Waals surface area contributed by atoms with Crippen molar-refractivity contribution in [2.24, 2.45) is 5.73 Å². The molecule has 0 unspecified atom stereocenters. The van der Waals surface area contributed by atoms with Crippen molar-refractivity contribution < 1.29 is 14.7 Å². The highest BCUT2D eigenvalue weighted by Gasteiger charge is 2.26. The number of carbonyl (C=O) groups is 2. The first-order valence-electron chi connectivity index (χ1n) is 8.84. The van der Waals surface area contributed by atoms with E-state index in [1.807, 2.05) is 0 Å². The molecule has 1 amide bonds. The monoisotopic (exact) mass is 314 g/mol. The number of rotatable bonds is 11. The van der Waals surface area contributed by atoms with E-state index < -0.39 is 12.0 Å². The molecule has 1 heterocycles. The predicted molar refractivity (Wildman–Crippen MR) is 89.7 cm³/mol. The van der Waals surface area contributed by atoms with Crippen molar-refractivity contribution in [3.8, 4) is 0 Å². The molecule has 1 saturated heterocycles. The summed E-state index contributed by atoms with van der Waals surface area (Å²) >= 11 is 0. The molecular formula is C17H34N2O3. The van der Waals surface area contributed by atoms with Crippen LogP contribution in [0.3, 0.4) is 0 Å². The molecule has 5 heteroatoms. The highest BCUT2D eigenvalue weighted by Crippen LogP contribution is 2.10. The molecule has 1 aliphatic rings. The summed E-state index contributed by atoms with van der Waals surface area (Å²) in [5.41, 5.74) is 5.42. The van der Waals surface area contributed by atoms with Crippen LogP contribution in [0.5, 0.6) is 0 Å². The molecule has 1 fully saturated rings. The Balaban J connectivity index is 0.000000425. The minimum atomic E-state index is -0.944. The third-order valence-electron chi connectivity index (χ3n) is 3.85. The number of hydrogen-bond acceptors (Lipinski definition) is 3. The van der Waals surface area contributed by atoms with Crippen molar-refractivity contribution >= 4 is 11.9 Å². The third-order valence-corrected chi connectivity index (χ3v) is 3.85. The first-order valence-corrected chi connectivity index (χ1v) is 8.84. The van der Waals surface area contributed by atoms with Crippen LogP contribution in [0.15, 0.2) is 0 Å². The van der Waals surface area contributed by atoms with Gasteiger partial charge in [-0.05, 0) is 19.4 Å². The van der Waals surface area contributed by atoms with E-state index in [0.29, 0.717) is 12.8 Å². The second-order valence-electron chi connectivity index (χ2n) is 5.97. The van der Waals surface area contributed by atoms with Crippen LogP contribution < -0.4 is 11.1 Å². The van der Waals surface area contributed by atoms with Crippen molar-refractivity contribution in [1.82, 2.24) is 5.32 Å². The lowest BCUT2D eigenvalue weighted by Gasteiger charge is -2.00. The molecule has 0 saturated carbocycles. The maximum Gasteiger partial charge on any atom is 0.326 e. The van der Waals surface area contributed by atoms with Gasteiger partial charge in [-0.1, -0.05) is 64.7 Å². The summed E-state index contributed by atoms with van der Waals surface area (Å²) < 4.78 is 0. The maximum atomic E-state index is 10.4. The Bertz CT molecular complexity index is 286. The lowest BCUT2D eigenvalue weighted by Crippen LogP contribution is -2.32. The minimum Gasteiger partial charge on any atom is -0.480 e. The van der Waals surface area contributed by atoms with Gasteiger partial charge in [-0.2, -0.15) is 0 Å². The van der Waals surface area contributed by atoms with Gasteiger partial charge < -0.3 is 16.2 Å². The van der Waals surface area contributed by atoms with E-state index in [4.69, 9.17) is 10.8 Å². The Labute approximate surface area is 135 Å². The molecule has 1 aliphatic heterocycles. The van der Waals surface area contributed by atoms with Crippen molar-refractivity contribution in [1.29, 1.82) is 0 Å². The number of carboxylic acids is 1. The average molecular weight is 314 g/mol. The fraction of sp³-hybridized carbons (Fsp3) is 0.882. The summed E-state index contributed by atoms with van der Waals surface area (Å²) in [6, 6.07) is -0.641. The quantitative estimate of drug-likeness (QED) is 0.511. The molecule has 130 valence electrons. The van der Waals surface area contributed by atoms with Crippen LogP contribution in [0.1, 0.15) is 84.0 Å². The molecule has 22 heavy (non-hydrogen) atoms. The molecule has 4 N–H and O–H groups in total. The van der Waals surface area contributed by atoms with Gasteiger partial charge >= 0.3 is 5.97 Å². The van der Waals surface area contributed by atoms with Gasteiger partial charge in [0.25, 0.3) is 0 Å². The second kappa shape index (κ2) is 14.8. The van der Waals surface area contributed by atoms with Crippen molar-refractivity contribution in [3.05, 3.63) is 0 Å². The maximum absolute atomic E-state index is 10.4. The zero-order valence-corrected chi connectivity index (χ0v) is 14.1. The highest BCUT2D eigenvalue weighted by atomic mass is 16.4. The van der Waals surface area contributed by atoms with E-state index in [-0.39, 0.29) is 5.91 Å². The molecule has 0 spiro atoms. The van der Waals surface area contributed by atoms with E-state index in [1.54, 1.807) is 0 Å². The number of nitrogens with two attached hydrogens (primary N) is 1. The van der Waals surface area contributed by atoms with Gasteiger partial charge in [0, 0.05) is 6.42 Å². The van der Waals surface area contributed by atoms with Gasteiger partial charge in [-0.3, -0.25) is 4.79 Å². The van der Waals surface area contributed by atoms with Crippen LogP contribution in [-0.2, 0) is 9.59 Å². The number of aliphatic carboxylic acids is 1. The third kappa shape index (κ3) is 12.6. The Hall–Kier alpha value is -1.10. The Morgan fingerprint density at radius 2 is 1.59 bits per heavy atom. The lowest BCUT2D eigenvalue weighted by molar-refractivity contribution is -0.140. The first kappa shape index (κ1) is 20.9. The van der Waals surface area contributed by atoms with E-state index in [2.05, 4.69) is 12.2 Å². The fourth-order valence-corrected chi connectivity index (χ4v) is 2.43. The van der Waals surface area contributed by atoms with Crippen LogP contribution in [-0.4, -0.2) is 29.6 Å². The Morgan fingerprint density at radius 1 is 1.09 bits per heavy atom. The van der Waals surface area contributed by atoms with Crippen LogP contribution in [0.2, 0.25) is 0 Å². The van der Waals surface area contributed by atoms with Crippen LogP contribution in [0.4, 0.5) is 0 Å². The fourth-order valence-electron chi connectivity index (χ4n) is 2.43. The summed E-state index contributed by atoms with van der Waals surface area (Å²) in [5.74, 6) is -1.11. The van der Waals surface area contributed by atoms with Crippen molar-refractivity contribution in [2.75, 3.05) is 6.54 Å². The van der Waals surface area contributed by atoms with Gasteiger partial charge in [-0.15, -0.1) is 0 Å². The normalized spacial score (nSPS) is 16.8. The molecule has 0 bridgehead atoms. The SMILES string of the molecule is CCCCCCCCCCCCN.O=C1CC[C@@H](C(=O)O)N1. The zero-order valence-electron chi connectivity index (χ0n) is 14.1. The van der Waals surface area contributed by atoms with E-state index >= 15 is 0 Å². The summed E-state index contributed by atoms with van der Waals surface area (Å²) in [5, 5.41) is 10.6. The van der Waals surface area contributed by atoms with Gasteiger partial charge in [0.15, 0.2) is 0 Å². The van der Waals surface area contributed by atoms with E-state index in [1.165, 1.54) is 64.2 Å². The van der Waals surface area contributed by atoms with Crippen LogP contribution in [0.25, 0.3) is 0 Å². The van der Waals surface area contributed by atoms with Crippen LogP contribution in [0, 0.1) is 0 Å². The number of hydrogen-bond donors (Lipinski definition) is 3. The standard InChI is InChI=1S/C12H27N.C5H7NO3/c1-2-3-4-5-6-7-8-9-10-11-12-13;7-4-2-1-3(6-4)5(8)9/h2-13H2,1H3;3H,1-2H2,(H,6,7)(H,8,9)/t;3-/m.0/s1. The molecule has 0 aliphatic carbocycles. The molecule has 5 nitrogen and oxygen atoms in total. The van der Waals surface area contributed by atoms with Gasteiger partial charge in [0.1, 0.15) is 6.04 Å². The lowest BCUT2D eigenvalue weighted by atomic mass is 10.1. The average Bonchev–Trinajstić information content (AvgIpc) is 2.93. The zero-order chi connectivity index (χ0) is 16.6. The molecule has 0 radical (unpaired) electrons. The molecule has 0 aromatic heterocycles. The van der Waals surface area contributed by atoms with Crippen LogP contribution >= 0.6 is 0 Å². The van der Waals surface area contributed by atoms with E-state index in [0.717, 1.165) is 6.54 Å². The number of carboxylic acid groups (broad SMARTS) is 1. The number of carbonyl (C=O) groups excluding carboxylic acids is 1. The number of amides is 1. The van der Waals surface area contributed by atoms with Crippen molar-refractivity contribution in [3.63, 3.8) is 0 Å². The minimum absolute atomic E-state index is 0.164. The number of unbranched alkanes of at least 4 members (excludes halogenated alkanes) is 9. The van der Waals surface area contributed by atoms with Crippen molar-refractivity contribution in [2.45, 2.75) is 90.0 Å². The first-order chi connectivity index (χ1) is 10.6. The molecule has 1 rings (SSSR count). The summed E-state index contributed by atoms with van der Waals surface area (Å²) in [7, 11) is 0. The summed E-state index contributed by atoms with van der Waals surface area (Å²) in [6.45, 7) is 3.14. The van der Waals surface area contributed by atoms with Gasteiger partial charge in [-0.25, -0.2) is 4.79 Å². The topological polar surface area (TPSA) is 92.4 Å². The Kier molecular flexibility index (Phi) is 14.1. The van der Waals surface area contributed by atoms with E-state index in [9.17, 15) is 9.59 Å². The smallest absolute Gasteiger partial charge is 0.326 e. The Morgan fingerprint density at radius 3 is 1.91 bits per heavy atom. The largest absolute Gasteiger partial charge is 0.480 e. The second-order valence-corrected chi connectivity index (χ2v) is 5.97. The molecule has 0 aromatic rings. The molecule has 0 aromatic carbocycles. The number of nitrogens with one attached hydrogen (secondary N) is 1. The molecule has 1 atom stereocenters. The van der Waals surface area contributed by atoms with Gasteiger partial charge in [0.2, 0.25) is 5.91 Å². The summed E-state index contributed by atoms with van der Waals surface area (Å²) in [4.78, 5) is 20.5. The van der Waals surface area contributed by atoms with Gasteiger partial charge in [0.05, 0.1) is 0 Å². The predicted octanol–water partition coefficient (Wildman–Crippen LogP) is 3.22. The summed E-state index contributed by atoms with van der Waals surface area (Å²) in [6.07, 6.45) is 14.7. The highest BCUT2D eigenvalue weighted by molar-refractivity contribution is 5.87.